The molecule has 0 radical (unpaired) electrons. The molecule has 2 aromatic carbocycles. The second kappa shape index (κ2) is 6.02. The molecule has 0 saturated heterocycles. The molecule has 0 saturated carbocycles. The van der Waals surface area contributed by atoms with Crippen LogP contribution in [0.25, 0.3) is 10.8 Å². The van der Waals surface area contributed by atoms with Gasteiger partial charge in [0.25, 0.3) is 0 Å². The van der Waals surface area contributed by atoms with E-state index >= 15 is 0 Å². The maximum atomic E-state index is 3.48. The lowest BCUT2D eigenvalue weighted by Gasteiger charge is -1.98. The minimum atomic E-state index is 1.08. The molecule has 0 heteroatoms. The molecular weight excluding hydrogens is 180 g/mol. The molecule has 78 valence electrons. The number of aryl methyl sites for hydroxylation is 1. The Hall–Kier alpha value is -1.56. The van der Waals surface area contributed by atoms with Crippen LogP contribution in [0.3, 0.4) is 0 Å². The van der Waals surface area contributed by atoms with Crippen molar-refractivity contribution < 1.29 is 0 Å². The van der Waals surface area contributed by atoms with Crippen molar-refractivity contribution >= 4 is 10.8 Å². The molecule has 0 heterocycles. The second-order valence-corrected chi connectivity index (χ2v) is 3.49. The minimum absolute atomic E-state index is 1.08. The van der Waals surface area contributed by atoms with Crippen LogP contribution in [0.4, 0.5) is 0 Å². The van der Waals surface area contributed by atoms with Crippen molar-refractivity contribution in [1.29, 1.82) is 0 Å². The van der Waals surface area contributed by atoms with Crippen LogP contribution in [-0.4, -0.2) is 0 Å². The van der Waals surface area contributed by atoms with E-state index in [2.05, 4.69) is 62.9 Å². The van der Waals surface area contributed by atoms with Crippen LogP contribution in [0.1, 0.15) is 18.9 Å². The van der Waals surface area contributed by atoms with Crippen LogP contribution in [0, 0.1) is 6.92 Å². The maximum Gasteiger partial charge on any atom is -0.0155 e. The summed E-state index contributed by atoms with van der Waals surface area (Å²) in [5.74, 6) is 0. The number of hydrogen-bond acceptors (Lipinski definition) is 0. The summed E-state index contributed by atoms with van der Waals surface area (Å²) < 4.78 is 0. The molecule has 0 amide bonds. The normalized spacial score (nSPS) is 9.20. The first-order valence-electron chi connectivity index (χ1n) is 5.34. The largest absolute Gasteiger partial charge is 0.103 e. The molecule has 0 aliphatic rings. The number of benzene rings is 2. The van der Waals surface area contributed by atoms with Gasteiger partial charge in [-0.1, -0.05) is 55.5 Å². The van der Waals surface area contributed by atoms with Crippen molar-refractivity contribution in [3.63, 3.8) is 0 Å². The number of rotatable bonds is 1. The van der Waals surface area contributed by atoms with Crippen LogP contribution >= 0.6 is 0 Å². The number of hydrogen-bond donors (Lipinski definition) is 0. The van der Waals surface area contributed by atoms with Gasteiger partial charge in [0.1, 0.15) is 0 Å². The fourth-order valence-corrected chi connectivity index (χ4v) is 1.39. The Bertz CT molecular complexity index is 421. The lowest BCUT2D eigenvalue weighted by atomic mass is 10.1. The average molecular weight is 198 g/mol. The first-order valence-corrected chi connectivity index (χ1v) is 5.34. The van der Waals surface area contributed by atoms with E-state index in [0.29, 0.717) is 0 Å². The third-order valence-corrected chi connectivity index (χ3v) is 2.30. The SMILES string of the molecule is C=CCC.Cc1cccc2ccccc12. The van der Waals surface area contributed by atoms with Crippen LogP contribution < -0.4 is 0 Å². The Morgan fingerprint density at radius 2 is 1.67 bits per heavy atom. The van der Waals surface area contributed by atoms with E-state index in [1.165, 1.54) is 16.3 Å². The second-order valence-electron chi connectivity index (χ2n) is 3.49. The summed E-state index contributed by atoms with van der Waals surface area (Å²) in [4.78, 5) is 0. The zero-order valence-corrected chi connectivity index (χ0v) is 9.53. The summed E-state index contributed by atoms with van der Waals surface area (Å²) in [6.45, 7) is 7.68. The van der Waals surface area contributed by atoms with Crippen LogP contribution in [0.15, 0.2) is 55.1 Å². The summed E-state index contributed by atoms with van der Waals surface area (Å²) in [5.41, 5.74) is 1.35. The van der Waals surface area contributed by atoms with E-state index in [0.717, 1.165) is 6.42 Å². The van der Waals surface area contributed by atoms with Gasteiger partial charge in [-0.15, -0.1) is 6.58 Å². The zero-order chi connectivity index (χ0) is 11.1. The van der Waals surface area contributed by atoms with E-state index in [-0.39, 0.29) is 0 Å². The van der Waals surface area contributed by atoms with Crippen molar-refractivity contribution in [1.82, 2.24) is 0 Å². The lowest BCUT2D eigenvalue weighted by molar-refractivity contribution is 1.23. The third-order valence-electron chi connectivity index (χ3n) is 2.30. The Morgan fingerprint density at radius 3 is 2.27 bits per heavy atom. The molecule has 0 aliphatic carbocycles. The molecule has 15 heavy (non-hydrogen) atoms. The minimum Gasteiger partial charge on any atom is -0.103 e. The summed E-state index contributed by atoms with van der Waals surface area (Å²) in [5, 5.41) is 2.68. The monoisotopic (exact) mass is 198 g/mol. The Kier molecular flexibility index (Phi) is 4.62. The molecule has 0 bridgehead atoms. The highest BCUT2D eigenvalue weighted by Gasteiger charge is 1.92. The first kappa shape index (κ1) is 11.5. The predicted molar refractivity (Wildman–Crippen MR) is 69.2 cm³/mol. The fourth-order valence-electron chi connectivity index (χ4n) is 1.39. The van der Waals surface area contributed by atoms with Gasteiger partial charge in [-0.25, -0.2) is 0 Å². The Labute approximate surface area is 92.3 Å². The van der Waals surface area contributed by atoms with E-state index in [1.54, 1.807) is 0 Å². The molecule has 0 nitrogen and oxygen atoms in total. The van der Waals surface area contributed by atoms with Gasteiger partial charge in [-0.05, 0) is 29.7 Å². The molecule has 2 aromatic rings. The van der Waals surface area contributed by atoms with E-state index in [9.17, 15) is 0 Å². The van der Waals surface area contributed by atoms with Gasteiger partial charge in [0.2, 0.25) is 0 Å². The average Bonchev–Trinajstić information content (AvgIpc) is 2.30. The Balaban J connectivity index is 0.000000245. The first-order chi connectivity index (χ1) is 7.29. The van der Waals surface area contributed by atoms with Crippen molar-refractivity contribution in [3.05, 3.63) is 60.7 Å². The molecule has 0 spiro atoms. The summed E-state index contributed by atoms with van der Waals surface area (Å²) in [7, 11) is 0. The van der Waals surface area contributed by atoms with Gasteiger partial charge in [-0.3, -0.25) is 0 Å². The Morgan fingerprint density at radius 1 is 1.07 bits per heavy atom. The molecule has 2 rings (SSSR count). The van der Waals surface area contributed by atoms with Gasteiger partial charge in [0.05, 0.1) is 0 Å². The predicted octanol–water partition coefficient (Wildman–Crippen LogP) is 4.73. The van der Waals surface area contributed by atoms with Gasteiger partial charge in [0, 0.05) is 0 Å². The van der Waals surface area contributed by atoms with E-state index in [1.807, 2.05) is 6.08 Å². The highest BCUT2D eigenvalue weighted by molar-refractivity contribution is 5.85. The molecule has 0 unspecified atom stereocenters. The summed E-state index contributed by atoms with van der Waals surface area (Å²) >= 11 is 0. The number of allylic oxidation sites excluding steroid dienone is 1. The highest BCUT2D eigenvalue weighted by Crippen LogP contribution is 2.16. The molecule has 0 atom stereocenters. The standard InChI is InChI=1S/C11H10.C4H8/c1-9-5-4-7-10-6-2-3-8-11(9)10;1-3-4-2/h2-8H,1H3;3H,1,4H2,2H3. The van der Waals surface area contributed by atoms with Crippen LogP contribution in [0.2, 0.25) is 0 Å². The van der Waals surface area contributed by atoms with Gasteiger partial charge >= 0.3 is 0 Å². The van der Waals surface area contributed by atoms with Gasteiger partial charge < -0.3 is 0 Å². The van der Waals surface area contributed by atoms with Crippen molar-refractivity contribution in [2.45, 2.75) is 20.3 Å². The van der Waals surface area contributed by atoms with Gasteiger partial charge in [-0.2, -0.15) is 0 Å². The summed E-state index contributed by atoms with van der Waals surface area (Å²) in [6.07, 6.45) is 2.96. The molecule has 0 fully saturated rings. The smallest absolute Gasteiger partial charge is 0.0155 e. The third kappa shape index (κ3) is 3.25. The van der Waals surface area contributed by atoms with Crippen LogP contribution in [-0.2, 0) is 0 Å². The number of fused-ring (bicyclic) bond motifs is 1. The van der Waals surface area contributed by atoms with Crippen molar-refractivity contribution in [3.8, 4) is 0 Å². The van der Waals surface area contributed by atoms with Crippen molar-refractivity contribution in [2.75, 3.05) is 0 Å². The summed E-state index contributed by atoms with van der Waals surface area (Å²) in [6, 6.07) is 14.8. The molecular formula is C15H18. The fraction of sp³-hybridized carbons (Fsp3) is 0.200. The topological polar surface area (TPSA) is 0 Å². The molecule has 0 aromatic heterocycles. The quantitative estimate of drug-likeness (QED) is 0.581. The van der Waals surface area contributed by atoms with E-state index in [4.69, 9.17) is 0 Å². The van der Waals surface area contributed by atoms with E-state index < -0.39 is 0 Å². The lowest BCUT2D eigenvalue weighted by Crippen LogP contribution is -1.75. The molecule has 0 N–H and O–H groups in total. The van der Waals surface area contributed by atoms with Gasteiger partial charge in [0.15, 0.2) is 0 Å². The molecule has 0 aliphatic heterocycles. The van der Waals surface area contributed by atoms with Crippen LogP contribution in [0.5, 0.6) is 0 Å². The van der Waals surface area contributed by atoms with Crippen molar-refractivity contribution in [2.24, 2.45) is 0 Å². The zero-order valence-electron chi connectivity index (χ0n) is 9.53. The maximum absolute atomic E-state index is 3.48. The highest BCUT2D eigenvalue weighted by atomic mass is 14.0.